The zero-order chi connectivity index (χ0) is 12.0. The minimum atomic E-state index is 0.365. The highest BCUT2D eigenvalue weighted by Gasteiger charge is 2.22. The highest BCUT2D eigenvalue weighted by atomic mass is 15.2. The van der Waals surface area contributed by atoms with Gasteiger partial charge in [-0.3, -0.25) is 0 Å². The lowest BCUT2D eigenvalue weighted by Gasteiger charge is -2.30. The Morgan fingerprint density at radius 2 is 1.81 bits per heavy atom. The number of rotatable bonds is 7. The normalized spacial score (nSPS) is 19.9. The number of hydrogen-bond donors (Lipinski definition) is 1. The summed E-state index contributed by atoms with van der Waals surface area (Å²) in [5.74, 6) is 0.788. The Labute approximate surface area is 102 Å². The molecule has 1 aliphatic rings. The predicted molar refractivity (Wildman–Crippen MR) is 71.6 cm³/mol. The van der Waals surface area contributed by atoms with Crippen LogP contribution < -0.4 is 5.73 Å². The van der Waals surface area contributed by atoms with E-state index in [-0.39, 0.29) is 0 Å². The van der Waals surface area contributed by atoms with Crippen LogP contribution in [0.2, 0.25) is 0 Å². The fourth-order valence-electron chi connectivity index (χ4n) is 2.78. The summed E-state index contributed by atoms with van der Waals surface area (Å²) < 4.78 is 0. The largest absolute Gasteiger partial charge is 0.328 e. The number of hydrogen-bond acceptors (Lipinski definition) is 2. The standard InChI is InChI=1S/C14H30N2/c1-12(2)11-16(10-6-7-13(3)15)14-8-4-5-9-14/h12-14H,4-11,15H2,1-3H3. The second-order valence-corrected chi connectivity index (χ2v) is 5.95. The quantitative estimate of drug-likeness (QED) is 0.723. The van der Waals surface area contributed by atoms with Crippen molar-refractivity contribution in [3.8, 4) is 0 Å². The molecule has 1 fully saturated rings. The SMILES string of the molecule is CC(C)CN(CCCC(C)N)C1CCCC1. The maximum atomic E-state index is 5.81. The molecule has 2 N–H and O–H groups in total. The summed E-state index contributed by atoms with van der Waals surface area (Å²) in [6.07, 6.45) is 8.15. The summed E-state index contributed by atoms with van der Waals surface area (Å²) in [5, 5.41) is 0. The van der Waals surface area contributed by atoms with Crippen molar-refractivity contribution in [2.24, 2.45) is 11.7 Å². The molecule has 0 aromatic rings. The van der Waals surface area contributed by atoms with Crippen LogP contribution in [0.4, 0.5) is 0 Å². The molecule has 1 saturated carbocycles. The van der Waals surface area contributed by atoms with Gasteiger partial charge in [0.1, 0.15) is 0 Å². The van der Waals surface area contributed by atoms with Gasteiger partial charge < -0.3 is 10.6 Å². The second-order valence-electron chi connectivity index (χ2n) is 5.95. The zero-order valence-corrected chi connectivity index (χ0v) is 11.4. The monoisotopic (exact) mass is 226 g/mol. The first-order valence-corrected chi connectivity index (χ1v) is 7.09. The third kappa shape index (κ3) is 5.31. The Bertz CT molecular complexity index is 172. The van der Waals surface area contributed by atoms with Crippen molar-refractivity contribution in [1.82, 2.24) is 4.90 Å². The lowest BCUT2D eigenvalue weighted by atomic mass is 10.1. The average molecular weight is 226 g/mol. The van der Waals surface area contributed by atoms with Gasteiger partial charge in [-0.15, -0.1) is 0 Å². The molecule has 0 amide bonds. The summed E-state index contributed by atoms with van der Waals surface area (Å²) in [7, 11) is 0. The van der Waals surface area contributed by atoms with Crippen LogP contribution >= 0.6 is 0 Å². The third-order valence-corrected chi connectivity index (χ3v) is 3.55. The van der Waals surface area contributed by atoms with Crippen LogP contribution in [0.5, 0.6) is 0 Å². The Balaban J connectivity index is 2.31. The highest BCUT2D eigenvalue weighted by Crippen LogP contribution is 2.24. The molecule has 0 saturated heterocycles. The van der Waals surface area contributed by atoms with Crippen molar-refractivity contribution in [3.05, 3.63) is 0 Å². The van der Waals surface area contributed by atoms with E-state index in [2.05, 4.69) is 25.7 Å². The topological polar surface area (TPSA) is 29.3 Å². The molecule has 0 aromatic carbocycles. The molecule has 0 aliphatic heterocycles. The lowest BCUT2D eigenvalue weighted by molar-refractivity contribution is 0.173. The van der Waals surface area contributed by atoms with Gasteiger partial charge in [0.25, 0.3) is 0 Å². The van der Waals surface area contributed by atoms with Gasteiger partial charge in [0.05, 0.1) is 0 Å². The molecule has 1 atom stereocenters. The molecule has 1 unspecified atom stereocenters. The molecule has 1 aliphatic carbocycles. The van der Waals surface area contributed by atoms with Gasteiger partial charge in [-0.2, -0.15) is 0 Å². The van der Waals surface area contributed by atoms with Crippen LogP contribution in [0.25, 0.3) is 0 Å². The third-order valence-electron chi connectivity index (χ3n) is 3.55. The van der Waals surface area contributed by atoms with Crippen LogP contribution in [0, 0.1) is 5.92 Å². The Morgan fingerprint density at radius 3 is 2.31 bits per heavy atom. The van der Waals surface area contributed by atoms with Gasteiger partial charge in [0.2, 0.25) is 0 Å². The lowest BCUT2D eigenvalue weighted by Crippen LogP contribution is -2.37. The first-order chi connectivity index (χ1) is 7.59. The summed E-state index contributed by atoms with van der Waals surface area (Å²) in [6, 6.07) is 1.24. The molecule has 16 heavy (non-hydrogen) atoms. The fraction of sp³-hybridized carbons (Fsp3) is 1.00. The van der Waals surface area contributed by atoms with Crippen LogP contribution in [-0.4, -0.2) is 30.1 Å². The van der Waals surface area contributed by atoms with Crippen LogP contribution in [-0.2, 0) is 0 Å². The predicted octanol–water partition coefficient (Wildman–Crippen LogP) is 3.01. The number of nitrogens with zero attached hydrogens (tertiary/aromatic N) is 1. The van der Waals surface area contributed by atoms with Gasteiger partial charge in [-0.25, -0.2) is 0 Å². The summed E-state index contributed by atoms with van der Waals surface area (Å²) in [4.78, 5) is 2.72. The van der Waals surface area contributed by atoms with E-state index in [0.717, 1.165) is 12.0 Å². The minimum Gasteiger partial charge on any atom is -0.328 e. The Hall–Kier alpha value is -0.0800. The first kappa shape index (κ1) is 14.0. The van der Waals surface area contributed by atoms with E-state index in [9.17, 15) is 0 Å². The Morgan fingerprint density at radius 1 is 1.19 bits per heavy atom. The summed E-state index contributed by atoms with van der Waals surface area (Å²) in [6.45, 7) is 9.29. The smallest absolute Gasteiger partial charge is 0.00953 e. The van der Waals surface area contributed by atoms with Crippen molar-refractivity contribution in [2.75, 3.05) is 13.1 Å². The van der Waals surface area contributed by atoms with Crippen molar-refractivity contribution in [2.45, 2.75) is 71.4 Å². The molecule has 2 nitrogen and oxygen atoms in total. The maximum Gasteiger partial charge on any atom is 0.00953 e. The zero-order valence-electron chi connectivity index (χ0n) is 11.4. The van der Waals surface area contributed by atoms with E-state index in [1.807, 2.05) is 0 Å². The molecule has 0 heterocycles. The molecule has 1 rings (SSSR count). The molecule has 0 aromatic heterocycles. The van der Waals surface area contributed by atoms with E-state index in [1.54, 1.807) is 0 Å². The molecule has 0 spiro atoms. The molecule has 96 valence electrons. The van der Waals surface area contributed by atoms with Crippen LogP contribution in [0.1, 0.15) is 59.3 Å². The molecule has 2 heteroatoms. The van der Waals surface area contributed by atoms with E-state index >= 15 is 0 Å². The van der Waals surface area contributed by atoms with E-state index in [0.29, 0.717) is 6.04 Å². The molecule has 0 bridgehead atoms. The van der Waals surface area contributed by atoms with Crippen molar-refractivity contribution >= 4 is 0 Å². The van der Waals surface area contributed by atoms with Gasteiger partial charge in [0.15, 0.2) is 0 Å². The van der Waals surface area contributed by atoms with Gasteiger partial charge in [0, 0.05) is 18.6 Å². The van der Waals surface area contributed by atoms with Crippen molar-refractivity contribution in [3.63, 3.8) is 0 Å². The Kier molecular flexibility index (Phi) is 6.37. The molecule has 0 radical (unpaired) electrons. The van der Waals surface area contributed by atoms with Crippen molar-refractivity contribution < 1.29 is 0 Å². The minimum absolute atomic E-state index is 0.365. The molecular formula is C14H30N2. The highest BCUT2D eigenvalue weighted by molar-refractivity contribution is 4.78. The second kappa shape index (κ2) is 7.29. The van der Waals surface area contributed by atoms with E-state index < -0.39 is 0 Å². The summed E-state index contributed by atoms with van der Waals surface area (Å²) >= 11 is 0. The number of nitrogens with two attached hydrogens (primary N) is 1. The van der Waals surface area contributed by atoms with Crippen molar-refractivity contribution in [1.29, 1.82) is 0 Å². The first-order valence-electron chi connectivity index (χ1n) is 7.09. The van der Waals surface area contributed by atoms with Crippen LogP contribution in [0.3, 0.4) is 0 Å². The average Bonchev–Trinajstić information content (AvgIpc) is 2.67. The fourth-order valence-corrected chi connectivity index (χ4v) is 2.78. The van der Waals surface area contributed by atoms with Crippen LogP contribution in [0.15, 0.2) is 0 Å². The van der Waals surface area contributed by atoms with E-state index in [4.69, 9.17) is 5.73 Å². The van der Waals surface area contributed by atoms with Gasteiger partial charge >= 0.3 is 0 Å². The molecular weight excluding hydrogens is 196 g/mol. The summed E-state index contributed by atoms with van der Waals surface area (Å²) in [5.41, 5.74) is 5.81. The van der Waals surface area contributed by atoms with Gasteiger partial charge in [-0.05, 0) is 45.1 Å². The van der Waals surface area contributed by atoms with Gasteiger partial charge in [-0.1, -0.05) is 26.7 Å². The maximum absolute atomic E-state index is 5.81. The van der Waals surface area contributed by atoms with E-state index in [1.165, 1.54) is 51.6 Å².